The Morgan fingerprint density at radius 3 is 2.32 bits per heavy atom. The minimum atomic E-state index is -3.88. The average molecular weight is 423 g/mol. The molecule has 5 nitrogen and oxygen atoms in total. The summed E-state index contributed by atoms with van der Waals surface area (Å²) in [5, 5.41) is 2.70. The molecule has 0 aliphatic rings. The van der Waals surface area contributed by atoms with Crippen molar-refractivity contribution in [3.05, 3.63) is 89.0 Å². The maximum atomic E-state index is 13.7. The molecule has 144 valence electrons. The lowest BCUT2D eigenvalue weighted by atomic mass is 10.2. The van der Waals surface area contributed by atoms with E-state index < -0.39 is 27.6 Å². The number of sulfonamides is 1. The van der Waals surface area contributed by atoms with Crippen LogP contribution in [0.1, 0.15) is 10.4 Å². The topological polar surface area (TPSA) is 75.3 Å². The summed E-state index contributed by atoms with van der Waals surface area (Å²) in [6, 6.07) is 14.0. The Hall–Kier alpha value is -2.97. The summed E-state index contributed by atoms with van der Waals surface area (Å²) in [6.45, 7) is 0. The lowest BCUT2D eigenvalue weighted by Crippen LogP contribution is -2.15. The monoisotopic (exact) mass is 422 g/mol. The number of amides is 1. The van der Waals surface area contributed by atoms with Crippen LogP contribution in [-0.2, 0) is 10.0 Å². The highest BCUT2D eigenvalue weighted by molar-refractivity contribution is 7.92. The zero-order valence-electron chi connectivity index (χ0n) is 14.1. The molecule has 0 fully saturated rings. The molecule has 0 bridgehead atoms. The van der Waals surface area contributed by atoms with Crippen LogP contribution in [0.4, 0.5) is 20.2 Å². The first kappa shape index (κ1) is 19.8. The normalized spacial score (nSPS) is 11.1. The van der Waals surface area contributed by atoms with Crippen LogP contribution in [-0.4, -0.2) is 14.3 Å². The summed E-state index contributed by atoms with van der Waals surface area (Å²) in [7, 11) is -3.88. The molecule has 0 aliphatic carbocycles. The third-order valence-electron chi connectivity index (χ3n) is 3.68. The molecule has 0 radical (unpaired) electrons. The molecule has 0 heterocycles. The molecule has 0 unspecified atom stereocenters. The van der Waals surface area contributed by atoms with Gasteiger partial charge < -0.3 is 5.32 Å². The minimum absolute atomic E-state index is 0.000128. The van der Waals surface area contributed by atoms with Crippen molar-refractivity contribution in [2.75, 3.05) is 10.0 Å². The second kappa shape index (κ2) is 7.95. The molecular formula is C19H13ClF2N2O3S. The largest absolute Gasteiger partial charge is 0.319 e. The number of hydrogen-bond acceptors (Lipinski definition) is 3. The second-order valence-corrected chi connectivity index (χ2v) is 7.84. The lowest BCUT2D eigenvalue weighted by molar-refractivity contribution is 0.102. The summed E-state index contributed by atoms with van der Waals surface area (Å²) in [6.07, 6.45) is 0. The number of benzene rings is 3. The van der Waals surface area contributed by atoms with Gasteiger partial charge in [0.15, 0.2) is 0 Å². The van der Waals surface area contributed by atoms with Crippen LogP contribution in [0.25, 0.3) is 0 Å². The van der Waals surface area contributed by atoms with Crippen molar-refractivity contribution >= 4 is 38.9 Å². The maximum absolute atomic E-state index is 13.7. The molecule has 3 aromatic rings. The summed E-state index contributed by atoms with van der Waals surface area (Å²) < 4.78 is 53.8. The van der Waals surface area contributed by atoms with E-state index in [0.29, 0.717) is 11.1 Å². The van der Waals surface area contributed by atoms with Crippen LogP contribution >= 0.6 is 11.6 Å². The highest BCUT2D eigenvalue weighted by atomic mass is 35.5. The van der Waals surface area contributed by atoms with Gasteiger partial charge >= 0.3 is 0 Å². The number of halogens is 3. The van der Waals surface area contributed by atoms with Gasteiger partial charge in [-0.25, -0.2) is 17.2 Å². The molecule has 28 heavy (non-hydrogen) atoms. The van der Waals surface area contributed by atoms with Gasteiger partial charge in [-0.3, -0.25) is 9.52 Å². The van der Waals surface area contributed by atoms with Gasteiger partial charge in [0.25, 0.3) is 15.9 Å². The van der Waals surface area contributed by atoms with Crippen LogP contribution in [0.2, 0.25) is 5.02 Å². The van der Waals surface area contributed by atoms with Crippen LogP contribution in [0.5, 0.6) is 0 Å². The molecule has 9 heteroatoms. The first-order valence-electron chi connectivity index (χ1n) is 7.89. The molecule has 3 rings (SSSR count). The SMILES string of the molecule is O=C(Nc1ccc(F)cc1F)c1cccc(NS(=O)(=O)c2ccc(Cl)cc2)c1. The number of hydrogen-bond donors (Lipinski definition) is 2. The summed E-state index contributed by atoms with van der Waals surface area (Å²) in [4.78, 5) is 12.3. The highest BCUT2D eigenvalue weighted by Gasteiger charge is 2.16. The second-order valence-electron chi connectivity index (χ2n) is 5.72. The van der Waals surface area contributed by atoms with Crippen molar-refractivity contribution < 1.29 is 22.0 Å². The summed E-state index contributed by atoms with van der Waals surface area (Å²) in [5.41, 5.74) is 0.0285. The van der Waals surface area contributed by atoms with E-state index >= 15 is 0 Å². The van der Waals surface area contributed by atoms with Crippen LogP contribution in [0.3, 0.4) is 0 Å². The Bertz CT molecular complexity index is 1140. The van der Waals surface area contributed by atoms with Gasteiger partial charge in [-0.2, -0.15) is 0 Å². The predicted molar refractivity (Wildman–Crippen MR) is 103 cm³/mol. The fraction of sp³-hybridized carbons (Fsp3) is 0. The van der Waals surface area contributed by atoms with E-state index in [9.17, 15) is 22.0 Å². The van der Waals surface area contributed by atoms with Crippen molar-refractivity contribution in [3.63, 3.8) is 0 Å². The van der Waals surface area contributed by atoms with Crippen molar-refractivity contribution in [1.82, 2.24) is 0 Å². The van der Waals surface area contributed by atoms with Crippen LogP contribution in [0.15, 0.2) is 71.6 Å². The highest BCUT2D eigenvalue weighted by Crippen LogP contribution is 2.20. The standard InChI is InChI=1S/C19H13ClF2N2O3S/c20-13-4-7-16(8-5-13)28(26,27)24-15-3-1-2-12(10-15)19(25)23-18-9-6-14(21)11-17(18)22/h1-11,24H,(H,23,25). The number of anilines is 2. The first-order chi connectivity index (χ1) is 13.2. The van der Waals surface area contributed by atoms with Crippen molar-refractivity contribution in [2.24, 2.45) is 0 Å². The van der Waals surface area contributed by atoms with Crippen LogP contribution < -0.4 is 10.0 Å². The van der Waals surface area contributed by atoms with Gasteiger partial charge in [0.05, 0.1) is 10.6 Å². The fourth-order valence-electron chi connectivity index (χ4n) is 2.34. The Labute approximate surface area is 165 Å². The summed E-state index contributed by atoms with van der Waals surface area (Å²) >= 11 is 5.76. The number of carbonyl (C=O) groups excluding carboxylic acids is 1. The van der Waals surface area contributed by atoms with Crippen molar-refractivity contribution in [2.45, 2.75) is 4.90 Å². The van der Waals surface area contributed by atoms with Crippen molar-refractivity contribution in [1.29, 1.82) is 0 Å². The lowest BCUT2D eigenvalue weighted by Gasteiger charge is -2.10. The third-order valence-corrected chi connectivity index (χ3v) is 5.33. The maximum Gasteiger partial charge on any atom is 0.261 e. The minimum Gasteiger partial charge on any atom is -0.319 e. The van der Waals surface area contributed by atoms with Gasteiger partial charge in [-0.05, 0) is 54.6 Å². The molecule has 0 aromatic heterocycles. The molecule has 2 N–H and O–H groups in total. The van der Waals surface area contributed by atoms with Gasteiger partial charge in [-0.1, -0.05) is 17.7 Å². The Balaban J connectivity index is 1.79. The van der Waals surface area contributed by atoms with Crippen molar-refractivity contribution in [3.8, 4) is 0 Å². The zero-order valence-corrected chi connectivity index (χ0v) is 15.7. The van der Waals surface area contributed by atoms with Gasteiger partial charge in [0.2, 0.25) is 0 Å². The number of rotatable bonds is 5. The molecule has 0 spiro atoms. The molecule has 0 atom stereocenters. The first-order valence-corrected chi connectivity index (χ1v) is 9.75. The van der Waals surface area contributed by atoms with E-state index in [4.69, 9.17) is 11.6 Å². The summed E-state index contributed by atoms with van der Waals surface area (Å²) in [5.74, 6) is -2.37. The Morgan fingerprint density at radius 2 is 1.64 bits per heavy atom. The molecule has 3 aromatic carbocycles. The average Bonchev–Trinajstić information content (AvgIpc) is 2.64. The van der Waals surface area contributed by atoms with E-state index in [1.807, 2.05) is 0 Å². The smallest absolute Gasteiger partial charge is 0.261 e. The van der Waals surface area contributed by atoms with E-state index in [2.05, 4.69) is 10.0 Å². The molecule has 0 saturated carbocycles. The molecule has 1 amide bonds. The molecule has 0 saturated heterocycles. The Morgan fingerprint density at radius 1 is 0.929 bits per heavy atom. The fourth-order valence-corrected chi connectivity index (χ4v) is 3.51. The number of carbonyl (C=O) groups is 1. The van der Waals surface area contributed by atoms with E-state index in [0.717, 1.165) is 12.1 Å². The van der Waals surface area contributed by atoms with Gasteiger partial charge in [-0.15, -0.1) is 0 Å². The van der Waals surface area contributed by atoms with Gasteiger partial charge in [0, 0.05) is 22.3 Å². The third kappa shape index (κ3) is 4.65. The Kier molecular flexibility index (Phi) is 5.62. The van der Waals surface area contributed by atoms with Gasteiger partial charge in [0.1, 0.15) is 11.6 Å². The molecular weight excluding hydrogens is 410 g/mol. The zero-order chi connectivity index (χ0) is 20.3. The van der Waals surface area contributed by atoms with E-state index in [-0.39, 0.29) is 21.8 Å². The number of nitrogens with one attached hydrogen (secondary N) is 2. The van der Waals surface area contributed by atoms with E-state index in [1.165, 1.54) is 48.5 Å². The van der Waals surface area contributed by atoms with E-state index in [1.54, 1.807) is 0 Å². The quantitative estimate of drug-likeness (QED) is 0.627. The molecule has 0 aliphatic heterocycles. The predicted octanol–water partition coefficient (Wildman–Crippen LogP) is 4.67. The van der Waals surface area contributed by atoms with Crippen LogP contribution in [0, 0.1) is 11.6 Å².